The SMILES string of the molecule is CCCCCC(O)ON1C(=O)CCC1=O. The van der Waals surface area contributed by atoms with Crippen molar-refractivity contribution in [2.24, 2.45) is 0 Å². The minimum Gasteiger partial charge on any atom is -0.366 e. The third kappa shape index (κ3) is 3.60. The van der Waals surface area contributed by atoms with Crippen LogP contribution in [0.25, 0.3) is 0 Å². The Morgan fingerprint density at radius 2 is 1.93 bits per heavy atom. The second-order valence-electron chi connectivity index (χ2n) is 3.64. The van der Waals surface area contributed by atoms with Crippen LogP contribution in [0.15, 0.2) is 0 Å². The van der Waals surface area contributed by atoms with Crippen LogP contribution in [0, 0.1) is 0 Å². The van der Waals surface area contributed by atoms with Gasteiger partial charge in [0.15, 0.2) is 6.29 Å². The first-order chi connectivity index (χ1) is 7.15. The van der Waals surface area contributed by atoms with Crippen LogP contribution in [0.4, 0.5) is 0 Å². The summed E-state index contributed by atoms with van der Waals surface area (Å²) in [6.07, 6.45) is 2.64. The first-order valence-electron chi connectivity index (χ1n) is 5.35. The normalized spacial score (nSPS) is 18.7. The van der Waals surface area contributed by atoms with E-state index in [0.717, 1.165) is 19.3 Å². The molecule has 1 unspecified atom stereocenters. The molecule has 1 heterocycles. The largest absolute Gasteiger partial charge is 0.366 e. The third-order valence-electron chi connectivity index (χ3n) is 2.29. The molecule has 0 bridgehead atoms. The van der Waals surface area contributed by atoms with Gasteiger partial charge in [-0.2, -0.15) is 5.06 Å². The van der Waals surface area contributed by atoms with Gasteiger partial charge >= 0.3 is 0 Å². The van der Waals surface area contributed by atoms with Gasteiger partial charge in [0.1, 0.15) is 0 Å². The molecule has 0 aromatic rings. The number of unbranched alkanes of at least 4 members (excludes halogenated alkanes) is 2. The quantitative estimate of drug-likeness (QED) is 0.407. The summed E-state index contributed by atoms with van der Waals surface area (Å²) in [6, 6.07) is 0. The lowest BCUT2D eigenvalue weighted by atomic mass is 10.2. The van der Waals surface area contributed by atoms with E-state index < -0.39 is 6.29 Å². The van der Waals surface area contributed by atoms with Crippen molar-refractivity contribution in [2.75, 3.05) is 0 Å². The number of aliphatic hydroxyl groups is 1. The van der Waals surface area contributed by atoms with E-state index in [1.807, 2.05) is 0 Å². The van der Waals surface area contributed by atoms with Gasteiger partial charge in [0, 0.05) is 19.3 Å². The Kier molecular flexibility index (Phi) is 4.71. The van der Waals surface area contributed by atoms with Crippen LogP contribution in [-0.4, -0.2) is 28.3 Å². The third-order valence-corrected chi connectivity index (χ3v) is 2.29. The van der Waals surface area contributed by atoms with Gasteiger partial charge in [-0.3, -0.25) is 9.59 Å². The lowest BCUT2D eigenvalue weighted by Gasteiger charge is -2.17. The van der Waals surface area contributed by atoms with E-state index in [0.29, 0.717) is 11.5 Å². The van der Waals surface area contributed by atoms with Gasteiger partial charge in [0.25, 0.3) is 11.8 Å². The van der Waals surface area contributed by atoms with Crippen molar-refractivity contribution in [3.8, 4) is 0 Å². The Bertz CT molecular complexity index is 226. The number of imide groups is 1. The van der Waals surface area contributed by atoms with Crippen molar-refractivity contribution in [3.63, 3.8) is 0 Å². The molecule has 1 N–H and O–H groups in total. The summed E-state index contributed by atoms with van der Waals surface area (Å²) in [6.45, 7) is 2.06. The van der Waals surface area contributed by atoms with Gasteiger partial charge in [0.2, 0.25) is 0 Å². The molecule has 1 atom stereocenters. The van der Waals surface area contributed by atoms with Crippen molar-refractivity contribution in [1.82, 2.24) is 5.06 Å². The van der Waals surface area contributed by atoms with E-state index in [1.54, 1.807) is 0 Å². The lowest BCUT2D eigenvalue weighted by Crippen LogP contribution is -2.34. The van der Waals surface area contributed by atoms with Crippen LogP contribution < -0.4 is 0 Å². The first-order valence-corrected chi connectivity index (χ1v) is 5.35. The molecule has 0 radical (unpaired) electrons. The van der Waals surface area contributed by atoms with Crippen molar-refractivity contribution < 1.29 is 19.5 Å². The molecule has 0 saturated carbocycles. The summed E-state index contributed by atoms with van der Waals surface area (Å²) in [4.78, 5) is 27.1. The predicted octanol–water partition coefficient (Wildman–Crippen LogP) is 0.966. The number of aliphatic hydroxyl groups excluding tert-OH is 1. The fraction of sp³-hybridized carbons (Fsp3) is 0.800. The van der Waals surface area contributed by atoms with E-state index in [9.17, 15) is 14.7 Å². The zero-order valence-corrected chi connectivity index (χ0v) is 8.94. The van der Waals surface area contributed by atoms with Gasteiger partial charge in [-0.15, -0.1) is 0 Å². The maximum atomic E-state index is 11.1. The molecular formula is C10H17NO4. The van der Waals surface area contributed by atoms with Crippen LogP contribution in [0.2, 0.25) is 0 Å². The Hall–Kier alpha value is -0.940. The Morgan fingerprint density at radius 1 is 1.33 bits per heavy atom. The zero-order valence-electron chi connectivity index (χ0n) is 8.94. The molecule has 2 amide bonds. The molecule has 5 heteroatoms. The standard InChI is InChI=1S/C10H17NO4/c1-2-3-4-5-10(14)15-11-8(12)6-7-9(11)13/h10,14H,2-7H2,1H3. The molecule has 1 fully saturated rings. The summed E-state index contributed by atoms with van der Waals surface area (Å²) in [7, 11) is 0. The average molecular weight is 215 g/mol. The van der Waals surface area contributed by atoms with Crippen LogP contribution in [-0.2, 0) is 14.4 Å². The van der Waals surface area contributed by atoms with Gasteiger partial charge in [-0.1, -0.05) is 19.8 Å². The zero-order chi connectivity index (χ0) is 11.3. The van der Waals surface area contributed by atoms with Gasteiger partial charge in [-0.25, -0.2) is 4.84 Å². The molecule has 86 valence electrons. The van der Waals surface area contributed by atoms with Gasteiger partial charge in [-0.05, 0) is 6.42 Å². The molecule has 5 nitrogen and oxygen atoms in total. The van der Waals surface area contributed by atoms with Crippen molar-refractivity contribution in [3.05, 3.63) is 0 Å². The maximum Gasteiger partial charge on any atom is 0.254 e. The summed E-state index contributed by atoms with van der Waals surface area (Å²) in [5.41, 5.74) is 0. The number of nitrogens with zero attached hydrogens (tertiary/aromatic N) is 1. The second kappa shape index (κ2) is 5.82. The molecule has 0 aromatic heterocycles. The van der Waals surface area contributed by atoms with Crippen LogP contribution in [0.1, 0.15) is 45.4 Å². The highest BCUT2D eigenvalue weighted by molar-refractivity contribution is 6.00. The van der Waals surface area contributed by atoms with E-state index in [4.69, 9.17) is 4.84 Å². The van der Waals surface area contributed by atoms with Crippen LogP contribution >= 0.6 is 0 Å². The molecule has 0 aromatic carbocycles. The Labute approximate surface area is 89.0 Å². The maximum absolute atomic E-state index is 11.1. The predicted molar refractivity (Wildman–Crippen MR) is 52.3 cm³/mol. The number of hydrogen-bond donors (Lipinski definition) is 1. The van der Waals surface area contributed by atoms with Crippen LogP contribution in [0.5, 0.6) is 0 Å². The summed E-state index contributed by atoms with van der Waals surface area (Å²) < 4.78 is 0. The van der Waals surface area contributed by atoms with Crippen LogP contribution in [0.3, 0.4) is 0 Å². The number of hydroxylamine groups is 2. The minimum absolute atomic E-state index is 0.181. The van der Waals surface area contributed by atoms with Gasteiger partial charge < -0.3 is 5.11 Å². The molecule has 1 saturated heterocycles. The fourth-order valence-electron chi connectivity index (χ4n) is 1.42. The topological polar surface area (TPSA) is 66.8 Å². The number of hydrogen-bond acceptors (Lipinski definition) is 4. The molecule has 1 aliphatic rings. The molecule has 1 aliphatic heterocycles. The summed E-state index contributed by atoms with van der Waals surface area (Å²) in [5, 5.41) is 10.1. The highest BCUT2D eigenvalue weighted by Gasteiger charge is 2.31. The van der Waals surface area contributed by atoms with E-state index >= 15 is 0 Å². The number of carbonyl (C=O) groups is 2. The average Bonchev–Trinajstić information content (AvgIpc) is 2.50. The monoisotopic (exact) mass is 215 g/mol. The highest BCUT2D eigenvalue weighted by Crippen LogP contribution is 2.15. The van der Waals surface area contributed by atoms with Gasteiger partial charge in [0.05, 0.1) is 0 Å². The smallest absolute Gasteiger partial charge is 0.254 e. The van der Waals surface area contributed by atoms with E-state index in [2.05, 4.69) is 6.92 Å². The number of carbonyl (C=O) groups excluding carboxylic acids is 2. The number of amides is 2. The minimum atomic E-state index is -1.05. The lowest BCUT2D eigenvalue weighted by molar-refractivity contribution is -0.245. The van der Waals surface area contributed by atoms with Crippen molar-refractivity contribution in [2.45, 2.75) is 51.7 Å². The molecule has 1 rings (SSSR count). The molecule has 0 spiro atoms. The molecular weight excluding hydrogens is 198 g/mol. The Morgan fingerprint density at radius 3 is 2.47 bits per heavy atom. The highest BCUT2D eigenvalue weighted by atomic mass is 16.8. The van der Waals surface area contributed by atoms with E-state index in [1.165, 1.54) is 0 Å². The fourth-order valence-corrected chi connectivity index (χ4v) is 1.42. The first kappa shape index (κ1) is 12.1. The second-order valence-corrected chi connectivity index (χ2v) is 3.64. The van der Waals surface area contributed by atoms with E-state index in [-0.39, 0.29) is 24.7 Å². The van der Waals surface area contributed by atoms with Crippen molar-refractivity contribution >= 4 is 11.8 Å². The summed E-state index contributed by atoms with van der Waals surface area (Å²) >= 11 is 0. The summed E-state index contributed by atoms with van der Waals surface area (Å²) in [5.74, 6) is -0.732. The molecule has 15 heavy (non-hydrogen) atoms. The number of rotatable bonds is 6. The van der Waals surface area contributed by atoms with Crippen molar-refractivity contribution in [1.29, 1.82) is 0 Å². The molecule has 0 aliphatic carbocycles. The Balaban J connectivity index is 2.27.